The molecule has 1 aromatic rings. The van der Waals surface area contributed by atoms with Crippen molar-refractivity contribution < 1.29 is 27.8 Å². The molecule has 1 heterocycles. The Balaban J connectivity index is 2.20. The second-order valence-electron chi connectivity index (χ2n) is 8.24. The number of halogens is 3. The van der Waals surface area contributed by atoms with Gasteiger partial charge in [-0.3, -0.25) is 0 Å². The van der Waals surface area contributed by atoms with Crippen molar-refractivity contribution in [1.82, 2.24) is 15.1 Å². The van der Waals surface area contributed by atoms with Crippen LogP contribution >= 0.6 is 11.6 Å². The van der Waals surface area contributed by atoms with Gasteiger partial charge in [-0.2, -0.15) is 0 Å². The minimum Gasteiger partial charge on any atom is -0.462 e. The molecule has 30 heavy (non-hydrogen) atoms. The summed E-state index contributed by atoms with van der Waals surface area (Å²) in [5.74, 6) is -3.72. The summed E-state index contributed by atoms with van der Waals surface area (Å²) in [4.78, 5) is 25.7. The molecule has 8 nitrogen and oxygen atoms in total. The van der Waals surface area contributed by atoms with Gasteiger partial charge in [0.25, 0.3) is 5.92 Å². The number of anilines is 1. The van der Waals surface area contributed by atoms with E-state index in [1.165, 1.54) is 18.0 Å². The number of ether oxygens (including phenoxy) is 2. The normalized spacial score (nSPS) is 20.9. The zero-order chi connectivity index (χ0) is 22.7. The number of carbonyl (C=O) groups is 2. The third kappa shape index (κ3) is 6.65. The Bertz CT molecular complexity index is 788. The SMILES string of the molecule is CCOC(=O)c1cc(Cl)nnc1N[C@@H]1C[C@H](N(C)C(=O)OC(C)(C)C)CC(F)(F)C1. The maximum atomic E-state index is 14.4. The van der Waals surface area contributed by atoms with Crippen molar-refractivity contribution in [3.05, 3.63) is 16.8 Å². The van der Waals surface area contributed by atoms with Gasteiger partial charge in [0.2, 0.25) is 0 Å². The van der Waals surface area contributed by atoms with E-state index in [0.29, 0.717) is 0 Å². The maximum Gasteiger partial charge on any atom is 0.410 e. The monoisotopic (exact) mass is 448 g/mol. The van der Waals surface area contributed by atoms with E-state index in [0.717, 1.165) is 0 Å². The molecule has 1 fully saturated rings. The topological polar surface area (TPSA) is 93.6 Å². The number of nitrogens with zero attached hydrogens (tertiary/aromatic N) is 3. The first-order valence-electron chi connectivity index (χ1n) is 9.62. The molecule has 1 aliphatic rings. The largest absolute Gasteiger partial charge is 0.462 e. The number of aromatic nitrogens is 2. The van der Waals surface area contributed by atoms with Crippen molar-refractivity contribution in [2.45, 2.75) is 70.6 Å². The van der Waals surface area contributed by atoms with Crippen LogP contribution in [0.1, 0.15) is 57.3 Å². The average Bonchev–Trinajstić information content (AvgIpc) is 2.60. The lowest BCUT2D eigenvalue weighted by molar-refractivity contribution is -0.0656. The number of hydrogen-bond acceptors (Lipinski definition) is 7. The maximum absolute atomic E-state index is 14.4. The molecule has 0 spiro atoms. The van der Waals surface area contributed by atoms with E-state index < -0.39 is 48.5 Å². The number of carbonyl (C=O) groups excluding carboxylic acids is 2. The van der Waals surface area contributed by atoms with E-state index in [9.17, 15) is 18.4 Å². The molecule has 1 amide bonds. The molecule has 168 valence electrons. The van der Waals surface area contributed by atoms with Gasteiger partial charge in [-0.1, -0.05) is 11.6 Å². The van der Waals surface area contributed by atoms with Gasteiger partial charge >= 0.3 is 12.1 Å². The van der Waals surface area contributed by atoms with Gasteiger partial charge in [-0.25, -0.2) is 18.4 Å². The lowest BCUT2D eigenvalue weighted by Crippen LogP contribution is -2.50. The van der Waals surface area contributed by atoms with E-state index in [4.69, 9.17) is 21.1 Å². The highest BCUT2D eigenvalue weighted by Crippen LogP contribution is 2.37. The van der Waals surface area contributed by atoms with Crippen LogP contribution in [0.2, 0.25) is 5.15 Å². The van der Waals surface area contributed by atoms with Gasteiger partial charge < -0.3 is 19.7 Å². The van der Waals surface area contributed by atoms with Crippen LogP contribution in [0.3, 0.4) is 0 Å². The molecule has 2 rings (SSSR count). The first-order chi connectivity index (χ1) is 13.8. The number of alkyl halides is 2. The summed E-state index contributed by atoms with van der Waals surface area (Å²) in [7, 11) is 1.43. The highest BCUT2D eigenvalue weighted by molar-refractivity contribution is 6.29. The second-order valence-corrected chi connectivity index (χ2v) is 8.62. The van der Waals surface area contributed by atoms with Crippen LogP contribution in [0, 0.1) is 0 Å². The van der Waals surface area contributed by atoms with Crippen molar-refractivity contribution in [3.8, 4) is 0 Å². The minimum absolute atomic E-state index is 0.000721. The van der Waals surface area contributed by atoms with Crippen LogP contribution in [-0.2, 0) is 9.47 Å². The zero-order valence-electron chi connectivity index (χ0n) is 17.7. The average molecular weight is 449 g/mol. The highest BCUT2D eigenvalue weighted by Gasteiger charge is 2.44. The fraction of sp³-hybridized carbons (Fsp3) is 0.684. The summed E-state index contributed by atoms with van der Waals surface area (Å²) in [6, 6.07) is -0.278. The van der Waals surface area contributed by atoms with Crippen LogP contribution in [0.15, 0.2) is 6.07 Å². The fourth-order valence-electron chi connectivity index (χ4n) is 3.20. The number of nitrogens with one attached hydrogen (secondary N) is 1. The summed E-state index contributed by atoms with van der Waals surface area (Å²) in [5, 5.41) is 10.3. The zero-order valence-corrected chi connectivity index (χ0v) is 18.4. The summed E-state index contributed by atoms with van der Waals surface area (Å²) >= 11 is 5.81. The molecular weight excluding hydrogens is 422 g/mol. The molecular formula is C19H27ClF2N4O4. The smallest absolute Gasteiger partial charge is 0.410 e. The van der Waals surface area contributed by atoms with Crippen LogP contribution in [0.5, 0.6) is 0 Å². The lowest BCUT2D eigenvalue weighted by atomic mass is 9.87. The molecule has 0 unspecified atom stereocenters. The number of esters is 1. The Morgan fingerprint density at radius 1 is 1.33 bits per heavy atom. The first kappa shape index (κ1) is 24.0. The van der Waals surface area contributed by atoms with Crippen molar-refractivity contribution >= 4 is 29.5 Å². The molecule has 1 aliphatic carbocycles. The Labute approximate surface area is 179 Å². The number of amides is 1. The predicted molar refractivity (Wildman–Crippen MR) is 107 cm³/mol. The molecule has 0 saturated heterocycles. The third-order valence-electron chi connectivity index (χ3n) is 4.47. The van der Waals surface area contributed by atoms with Crippen molar-refractivity contribution in [3.63, 3.8) is 0 Å². The standard InChI is InChI=1S/C19H27ClF2N4O4/c1-6-29-16(27)13-8-14(20)24-25-15(13)23-11-7-12(10-19(21,22)9-11)26(5)17(28)30-18(2,3)4/h8,11-12H,6-7,9-10H2,1-5H3,(H,23,25)/t11-,12+/m1/s1. The summed E-state index contributed by atoms with van der Waals surface area (Å²) < 4.78 is 39.1. The molecule has 0 aliphatic heterocycles. The van der Waals surface area contributed by atoms with E-state index in [1.807, 2.05) is 0 Å². The van der Waals surface area contributed by atoms with Gasteiger partial charge in [-0.15, -0.1) is 10.2 Å². The van der Waals surface area contributed by atoms with Crippen LogP contribution < -0.4 is 5.32 Å². The lowest BCUT2D eigenvalue weighted by Gasteiger charge is -2.39. The molecule has 1 N–H and O–H groups in total. The molecule has 0 bridgehead atoms. The van der Waals surface area contributed by atoms with Crippen molar-refractivity contribution in [2.24, 2.45) is 0 Å². The molecule has 0 aromatic carbocycles. The van der Waals surface area contributed by atoms with Gasteiger partial charge in [-0.05, 0) is 40.2 Å². The predicted octanol–water partition coefficient (Wildman–Crippen LogP) is 4.14. The van der Waals surface area contributed by atoms with Gasteiger partial charge in [0, 0.05) is 32.0 Å². The number of hydrogen-bond donors (Lipinski definition) is 1. The second kappa shape index (κ2) is 9.28. The van der Waals surface area contributed by atoms with Gasteiger partial charge in [0.15, 0.2) is 11.0 Å². The molecule has 11 heteroatoms. The highest BCUT2D eigenvalue weighted by atomic mass is 35.5. The molecule has 2 atom stereocenters. The van der Waals surface area contributed by atoms with Gasteiger partial charge in [0.05, 0.1) is 6.61 Å². The number of rotatable bonds is 5. The Morgan fingerprint density at radius 2 is 2.00 bits per heavy atom. The minimum atomic E-state index is -3.03. The molecule has 1 saturated carbocycles. The molecule has 1 aromatic heterocycles. The molecule has 0 radical (unpaired) electrons. The van der Waals surface area contributed by atoms with Crippen LogP contribution in [0.25, 0.3) is 0 Å². The summed E-state index contributed by atoms with van der Waals surface area (Å²) in [6.45, 7) is 6.88. The van der Waals surface area contributed by atoms with Crippen molar-refractivity contribution in [2.75, 3.05) is 19.0 Å². The fourth-order valence-corrected chi connectivity index (χ4v) is 3.35. The van der Waals surface area contributed by atoms with E-state index in [2.05, 4.69) is 15.5 Å². The summed E-state index contributed by atoms with van der Waals surface area (Å²) in [6.07, 6.45) is -1.45. The quantitative estimate of drug-likeness (QED) is 0.676. The Hall–Kier alpha value is -2.23. The van der Waals surface area contributed by atoms with Crippen LogP contribution in [0.4, 0.5) is 19.4 Å². The van der Waals surface area contributed by atoms with Gasteiger partial charge in [0.1, 0.15) is 11.2 Å². The first-order valence-corrected chi connectivity index (χ1v) is 9.99. The van der Waals surface area contributed by atoms with E-state index in [-0.39, 0.29) is 29.6 Å². The van der Waals surface area contributed by atoms with E-state index in [1.54, 1.807) is 27.7 Å². The Kier molecular flexibility index (Phi) is 7.44. The Morgan fingerprint density at radius 3 is 2.60 bits per heavy atom. The van der Waals surface area contributed by atoms with Crippen molar-refractivity contribution in [1.29, 1.82) is 0 Å². The van der Waals surface area contributed by atoms with Crippen LogP contribution in [-0.4, -0.2) is 64.4 Å². The summed E-state index contributed by atoms with van der Waals surface area (Å²) in [5.41, 5.74) is -0.740. The third-order valence-corrected chi connectivity index (χ3v) is 4.65. The van der Waals surface area contributed by atoms with E-state index >= 15 is 0 Å².